The molecule has 0 unspecified atom stereocenters. The average molecular weight is 349 g/mol. The van der Waals surface area contributed by atoms with E-state index in [2.05, 4.69) is 20.2 Å². The molecule has 8 nitrogen and oxygen atoms in total. The number of nitrogens with two attached hydrogens (primary N) is 1. The highest BCUT2D eigenvalue weighted by Crippen LogP contribution is 2.39. The highest BCUT2D eigenvalue weighted by atomic mass is 32.2. The van der Waals surface area contributed by atoms with Crippen LogP contribution in [0.1, 0.15) is 34.9 Å². The SMILES string of the molecule is NCCNS(=O)(=O)c1cccc(NC(=O)c2cc(C3CC3)[nH]n2)c1. The van der Waals surface area contributed by atoms with E-state index < -0.39 is 10.0 Å². The van der Waals surface area contributed by atoms with E-state index in [1.807, 2.05) is 0 Å². The summed E-state index contributed by atoms with van der Waals surface area (Å²) in [4.78, 5) is 12.3. The van der Waals surface area contributed by atoms with Crippen LogP contribution in [0.3, 0.4) is 0 Å². The lowest BCUT2D eigenvalue weighted by Gasteiger charge is -2.08. The van der Waals surface area contributed by atoms with Crippen LogP contribution in [0.5, 0.6) is 0 Å². The van der Waals surface area contributed by atoms with Gasteiger partial charge in [-0.05, 0) is 37.1 Å². The number of carbonyl (C=O) groups excluding carboxylic acids is 1. The molecule has 2 aromatic rings. The van der Waals surface area contributed by atoms with Gasteiger partial charge in [-0.2, -0.15) is 5.10 Å². The van der Waals surface area contributed by atoms with Crippen LogP contribution in [-0.4, -0.2) is 37.6 Å². The van der Waals surface area contributed by atoms with E-state index in [9.17, 15) is 13.2 Å². The van der Waals surface area contributed by atoms with Crippen LogP contribution in [0.15, 0.2) is 35.2 Å². The third-order valence-corrected chi connectivity index (χ3v) is 5.14. The Morgan fingerprint density at radius 2 is 2.12 bits per heavy atom. The fourth-order valence-electron chi connectivity index (χ4n) is 2.27. The molecule has 0 radical (unpaired) electrons. The number of hydrogen-bond donors (Lipinski definition) is 4. The van der Waals surface area contributed by atoms with Crippen molar-refractivity contribution in [3.05, 3.63) is 41.7 Å². The predicted molar refractivity (Wildman–Crippen MR) is 89.2 cm³/mol. The summed E-state index contributed by atoms with van der Waals surface area (Å²) < 4.78 is 26.6. The maximum absolute atomic E-state index is 12.2. The number of benzene rings is 1. The average Bonchev–Trinajstić information content (AvgIpc) is 3.30. The summed E-state index contributed by atoms with van der Waals surface area (Å²) in [5.41, 5.74) is 6.93. The third-order valence-electron chi connectivity index (χ3n) is 3.69. The van der Waals surface area contributed by atoms with Gasteiger partial charge in [-0.15, -0.1) is 0 Å². The van der Waals surface area contributed by atoms with Crippen LogP contribution in [0.2, 0.25) is 0 Å². The number of amides is 1. The number of rotatable bonds is 7. The lowest BCUT2D eigenvalue weighted by Crippen LogP contribution is -2.29. The first-order valence-electron chi connectivity index (χ1n) is 7.66. The smallest absolute Gasteiger partial charge is 0.276 e. The van der Waals surface area contributed by atoms with Crippen LogP contribution in [0.25, 0.3) is 0 Å². The number of H-pyrrole nitrogens is 1. The first-order valence-corrected chi connectivity index (χ1v) is 9.14. The van der Waals surface area contributed by atoms with Crippen molar-refractivity contribution < 1.29 is 13.2 Å². The van der Waals surface area contributed by atoms with E-state index in [0.29, 0.717) is 11.6 Å². The highest BCUT2D eigenvalue weighted by molar-refractivity contribution is 7.89. The highest BCUT2D eigenvalue weighted by Gasteiger charge is 2.26. The van der Waals surface area contributed by atoms with Crippen molar-refractivity contribution in [1.82, 2.24) is 14.9 Å². The van der Waals surface area contributed by atoms with Crippen LogP contribution in [-0.2, 0) is 10.0 Å². The number of nitrogens with one attached hydrogen (secondary N) is 3. The Kier molecular flexibility index (Phi) is 4.65. The Morgan fingerprint density at radius 1 is 1.33 bits per heavy atom. The molecule has 24 heavy (non-hydrogen) atoms. The number of aromatic nitrogens is 2. The molecule has 5 N–H and O–H groups in total. The topological polar surface area (TPSA) is 130 Å². The first kappa shape index (κ1) is 16.6. The lowest BCUT2D eigenvalue weighted by atomic mass is 10.2. The second-order valence-electron chi connectivity index (χ2n) is 5.65. The summed E-state index contributed by atoms with van der Waals surface area (Å²) >= 11 is 0. The molecule has 0 aliphatic heterocycles. The second-order valence-corrected chi connectivity index (χ2v) is 7.42. The first-order chi connectivity index (χ1) is 11.5. The van der Waals surface area contributed by atoms with E-state index in [4.69, 9.17) is 5.73 Å². The summed E-state index contributed by atoms with van der Waals surface area (Å²) in [5, 5.41) is 9.53. The molecule has 0 atom stereocenters. The monoisotopic (exact) mass is 349 g/mol. The van der Waals surface area contributed by atoms with E-state index in [1.165, 1.54) is 12.1 Å². The van der Waals surface area contributed by atoms with Gasteiger partial charge in [0, 0.05) is 30.4 Å². The van der Waals surface area contributed by atoms with Crippen molar-refractivity contribution in [3.8, 4) is 0 Å². The summed E-state index contributed by atoms with van der Waals surface area (Å²) in [7, 11) is -3.65. The van der Waals surface area contributed by atoms with Crippen LogP contribution < -0.4 is 15.8 Å². The Bertz CT molecular complexity index is 842. The number of nitrogens with zero attached hydrogens (tertiary/aromatic N) is 1. The van der Waals surface area contributed by atoms with Gasteiger partial charge in [-0.1, -0.05) is 6.07 Å². The van der Waals surface area contributed by atoms with Crippen LogP contribution in [0.4, 0.5) is 5.69 Å². The standard InChI is InChI=1S/C15H19N5O3S/c16-6-7-17-24(22,23)12-3-1-2-11(8-12)18-15(21)14-9-13(19-20-14)10-4-5-10/h1-3,8-10,17H,4-7,16H2,(H,18,21)(H,19,20). The Labute approximate surface area is 139 Å². The Morgan fingerprint density at radius 3 is 2.83 bits per heavy atom. The predicted octanol–water partition coefficient (Wildman–Crippen LogP) is 0.776. The number of sulfonamides is 1. The fraction of sp³-hybridized carbons (Fsp3) is 0.333. The van der Waals surface area contributed by atoms with Gasteiger partial charge in [0.05, 0.1) is 4.90 Å². The molecule has 1 heterocycles. The second kappa shape index (κ2) is 6.71. The van der Waals surface area contributed by atoms with Crippen molar-refractivity contribution in [2.45, 2.75) is 23.7 Å². The molecule has 1 aromatic carbocycles. The molecule has 0 saturated heterocycles. The maximum Gasteiger partial charge on any atom is 0.276 e. The molecule has 1 aromatic heterocycles. The van der Waals surface area contributed by atoms with Gasteiger partial charge in [-0.25, -0.2) is 13.1 Å². The van der Waals surface area contributed by atoms with E-state index >= 15 is 0 Å². The fourth-order valence-corrected chi connectivity index (χ4v) is 3.36. The normalized spacial score (nSPS) is 14.5. The van der Waals surface area contributed by atoms with Gasteiger partial charge in [-0.3, -0.25) is 9.89 Å². The van der Waals surface area contributed by atoms with Crippen molar-refractivity contribution in [3.63, 3.8) is 0 Å². The number of hydrogen-bond acceptors (Lipinski definition) is 5. The van der Waals surface area contributed by atoms with Gasteiger partial charge in [0.15, 0.2) is 5.69 Å². The number of aromatic amines is 1. The molecule has 1 fully saturated rings. The Hall–Kier alpha value is -2.23. The molecule has 9 heteroatoms. The summed E-state index contributed by atoms with van der Waals surface area (Å²) in [6.07, 6.45) is 2.22. The third kappa shape index (κ3) is 3.81. The zero-order chi connectivity index (χ0) is 17.2. The summed E-state index contributed by atoms with van der Waals surface area (Å²) in [6, 6.07) is 7.76. The number of carbonyl (C=O) groups is 1. The van der Waals surface area contributed by atoms with Gasteiger partial charge in [0.25, 0.3) is 5.91 Å². The minimum Gasteiger partial charge on any atom is -0.329 e. The number of anilines is 1. The summed E-state index contributed by atoms with van der Waals surface area (Å²) in [5.74, 6) is 0.0868. The molecule has 0 spiro atoms. The molecular formula is C15H19N5O3S. The molecule has 1 aliphatic rings. The van der Waals surface area contributed by atoms with E-state index in [1.54, 1.807) is 18.2 Å². The molecule has 1 amide bonds. The van der Waals surface area contributed by atoms with Crippen molar-refractivity contribution in [2.24, 2.45) is 5.73 Å². The van der Waals surface area contributed by atoms with Gasteiger partial charge in [0.1, 0.15) is 0 Å². The van der Waals surface area contributed by atoms with Gasteiger partial charge < -0.3 is 11.1 Å². The van der Waals surface area contributed by atoms with Crippen molar-refractivity contribution in [2.75, 3.05) is 18.4 Å². The molecular weight excluding hydrogens is 330 g/mol. The minimum atomic E-state index is -3.65. The quantitative estimate of drug-likeness (QED) is 0.587. The van der Waals surface area contributed by atoms with E-state index in [0.717, 1.165) is 18.5 Å². The zero-order valence-electron chi connectivity index (χ0n) is 13.0. The van der Waals surface area contributed by atoms with Crippen LogP contribution >= 0.6 is 0 Å². The zero-order valence-corrected chi connectivity index (χ0v) is 13.8. The molecule has 1 aliphatic carbocycles. The molecule has 0 bridgehead atoms. The molecule has 3 rings (SSSR count). The van der Waals surface area contributed by atoms with Crippen molar-refractivity contribution >= 4 is 21.6 Å². The lowest BCUT2D eigenvalue weighted by molar-refractivity contribution is 0.102. The summed E-state index contributed by atoms with van der Waals surface area (Å²) in [6.45, 7) is 0.355. The molecule has 128 valence electrons. The van der Waals surface area contributed by atoms with Gasteiger partial charge >= 0.3 is 0 Å². The minimum absolute atomic E-state index is 0.0643. The largest absolute Gasteiger partial charge is 0.329 e. The van der Waals surface area contributed by atoms with E-state index in [-0.39, 0.29) is 29.6 Å². The van der Waals surface area contributed by atoms with Crippen LogP contribution in [0, 0.1) is 0 Å². The molecule has 1 saturated carbocycles. The maximum atomic E-state index is 12.2. The van der Waals surface area contributed by atoms with Crippen molar-refractivity contribution in [1.29, 1.82) is 0 Å². The Balaban J connectivity index is 1.72. The van der Waals surface area contributed by atoms with Gasteiger partial charge in [0.2, 0.25) is 10.0 Å².